The summed E-state index contributed by atoms with van der Waals surface area (Å²) in [5.74, 6) is -0.109. The van der Waals surface area contributed by atoms with E-state index in [4.69, 9.17) is 0 Å². The van der Waals surface area contributed by atoms with Crippen molar-refractivity contribution in [2.45, 2.75) is 46.5 Å². The standard InChI is InChI=1S/C22H28N2O3/c1-4-7-16(8-5-2)21(26)24-20-10-6-9-19(15(20)3)22(27)23-17-11-13-18(25)14-12-17/h6,9-14,16,25H,4-5,7-8H2,1-3H3,(H,23,27)(H,24,26). The number of hydrogen-bond donors (Lipinski definition) is 3. The third kappa shape index (κ3) is 5.58. The Morgan fingerprint density at radius 2 is 1.59 bits per heavy atom. The van der Waals surface area contributed by atoms with Crippen LogP contribution in [0.15, 0.2) is 42.5 Å². The van der Waals surface area contributed by atoms with Crippen molar-refractivity contribution in [3.8, 4) is 5.75 Å². The highest BCUT2D eigenvalue weighted by molar-refractivity contribution is 6.07. The van der Waals surface area contributed by atoms with E-state index in [2.05, 4.69) is 24.5 Å². The van der Waals surface area contributed by atoms with Crippen molar-refractivity contribution in [3.05, 3.63) is 53.6 Å². The second-order valence-corrected chi connectivity index (χ2v) is 6.74. The Morgan fingerprint density at radius 1 is 0.963 bits per heavy atom. The van der Waals surface area contributed by atoms with Crippen LogP contribution in [0.2, 0.25) is 0 Å². The van der Waals surface area contributed by atoms with E-state index in [-0.39, 0.29) is 23.5 Å². The molecule has 0 atom stereocenters. The molecular formula is C22H28N2O3. The first kappa shape index (κ1) is 20.5. The Bertz CT molecular complexity index is 779. The van der Waals surface area contributed by atoms with Gasteiger partial charge in [-0.2, -0.15) is 0 Å². The highest BCUT2D eigenvalue weighted by Crippen LogP contribution is 2.23. The molecule has 2 amide bonds. The van der Waals surface area contributed by atoms with Gasteiger partial charge in [0.2, 0.25) is 5.91 Å². The molecule has 0 fully saturated rings. The molecular weight excluding hydrogens is 340 g/mol. The summed E-state index contributed by atoms with van der Waals surface area (Å²) in [6, 6.07) is 11.6. The molecule has 2 aromatic rings. The van der Waals surface area contributed by atoms with Crippen LogP contribution in [-0.2, 0) is 4.79 Å². The van der Waals surface area contributed by atoms with Crippen LogP contribution >= 0.6 is 0 Å². The van der Waals surface area contributed by atoms with Gasteiger partial charge in [0.05, 0.1) is 0 Å². The van der Waals surface area contributed by atoms with Gasteiger partial charge in [0.1, 0.15) is 5.75 Å². The minimum atomic E-state index is -0.257. The molecule has 0 heterocycles. The van der Waals surface area contributed by atoms with Gasteiger partial charge in [0.25, 0.3) is 5.91 Å². The summed E-state index contributed by atoms with van der Waals surface area (Å²) in [7, 11) is 0. The van der Waals surface area contributed by atoms with Crippen LogP contribution in [0.4, 0.5) is 11.4 Å². The minimum Gasteiger partial charge on any atom is -0.508 e. The van der Waals surface area contributed by atoms with E-state index >= 15 is 0 Å². The van der Waals surface area contributed by atoms with Crippen LogP contribution in [0.3, 0.4) is 0 Å². The fraction of sp³-hybridized carbons (Fsp3) is 0.364. The van der Waals surface area contributed by atoms with Gasteiger partial charge in [0, 0.05) is 22.9 Å². The first-order chi connectivity index (χ1) is 13.0. The van der Waals surface area contributed by atoms with Crippen molar-refractivity contribution in [2.75, 3.05) is 10.6 Å². The van der Waals surface area contributed by atoms with Crippen LogP contribution in [0.5, 0.6) is 5.75 Å². The summed E-state index contributed by atoms with van der Waals surface area (Å²) in [5.41, 5.74) is 2.49. The molecule has 0 bridgehead atoms. The average Bonchev–Trinajstić information content (AvgIpc) is 2.65. The third-order valence-corrected chi connectivity index (χ3v) is 4.61. The van der Waals surface area contributed by atoms with Crippen molar-refractivity contribution >= 4 is 23.2 Å². The normalized spacial score (nSPS) is 10.7. The number of anilines is 2. The lowest BCUT2D eigenvalue weighted by Gasteiger charge is -2.17. The van der Waals surface area contributed by atoms with Crippen molar-refractivity contribution in [3.63, 3.8) is 0 Å². The Morgan fingerprint density at radius 3 is 2.19 bits per heavy atom. The zero-order valence-electron chi connectivity index (χ0n) is 16.2. The molecule has 144 valence electrons. The molecule has 3 N–H and O–H groups in total. The molecule has 5 nitrogen and oxygen atoms in total. The lowest BCUT2D eigenvalue weighted by Crippen LogP contribution is -2.24. The minimum absolute atomic E-state index is 0.00567. The molecule has 27 heavy (non-hydrogen) atoms. The maximum Gasteiger partial charge on any atom is 0.256 e. The summed E-state index contributed by atoms with van der Waals surface area (Å²) in [5, 5.41) is 15.1. The number of phenolic OH excluding ortho intramolecular Hbond substituents is 1. The number of carbonyl (C=O) groups is 2. The first-order valence-electron chi connectivity index (χ1n) is 9.47. The highest BCUT2D eigenvalue weighted by Gasteiger charge is 2.19. The second kappa shape index (κ2) is 9.76. The largest absolute Gasteiger partial charge is 0.508 e. The van der Waals surface area contributed by atoms with Crippen molar-refractivity contribution in [2.24, 2.45) is 5.92 Å². The number of hydrogen-bond acceptors (Lipinski definition) is 3. The Kier molecular flexibility index (Phi) is 7.41. The maximum atomic E-state index is 12.6. The first-order valence-corrected chi connectivity index (χ1v) is 9.47. The van der Waals surface area contributed by atoms with Gasteiger partial charge < -0.3 is 15.7 Å². The van der Waals surface area contributed by atoms with Crippen molar-refractivity contribution < 1.29 is 14.7 Å². The van der Waals surface area contributed by atoms with E-state index < -0.39 is 0 Å². The van der Waals surface area contributed by atoms with Crippen LogP contribution in [0.1, 0.15) is 55.5 Å². The molecule has 0 aliphatic rings. The predicted molar refractivity (Wildman–Crippen MR) is 109 cm³/mol. The fourth-order valence-electron chi connectivity index (χ4n) is 3.10. The average molecular weight is 368 g/mol. The summed E-state index contributed by atoms with van der Waals surface area (Å²) >= 11 is 0. The number of amides is 2. The topological polar surface area (TPSA) is 78.4 Å². The van der Waals surface area contributed by atoms with Crippen molar-refractivity contribution in [1.82, 2.24) is 0 Å². The lowest BCUT2D eigenvalue weighted by molar-refractivity contribution is -0.120. The fourth-order valence-corrected chi connectivity index (χ4v) is 3.10. The van der Waals surface area contributed by atoms with Gasteiger partial charge in [-0.05, 0) is 61.7 Å². The van der Waals surface area contributed by atoms with Crippen LogP contribution < -0.4 is 10.6 Å². The van der Waals surface area contributed by atoms with Gasteiger partial charge in [-0.1, -0.05) is 32.8 Å². The number of aromatic hydroxyl groups is 1. The molecule has 2 rings (SSSR count). The molecule has 5 heteroatoms. The molecule has 0 radical (unpaired) electrons. The Balaban J connectivity index is 2.15. The lowest BCUT2D eigenvalue weighted by atomic mass is 9.97. The van der Waals surface area contributed by atoms with Gasteiger partial charge in [-0.25, -0.2) is 0 Å². The number of phenols is 1. The zero-order chi connectivity index (χ0) is 19.8. The van der Waals surface area contributed by atoms with E-state index in [9.17, 15) is 14.7 Å². The molecule has 0 spiro atoms. The molecule has 0 aliphatic carbocycles. The predicted octanol–water partition coefficient (Wildman–Crippen LogP) is 5.11. The summed E-state index contributed by atoms with van der Waals surface area (Å²) in [6.45, 7) is 5.99. The number of nitrogens with one attached hydrogen (secondary N) is 2. The molecule has 2 aromatic carbocycles. The van der Waals surface area contributed by atoms with E-state index in [1.165, 1.54) is 12.1 Å². The summed E-state index contributed by atoms with van der Waals surface area (Å²) < 4.78 is 0. The molecule has 0 saturated carbocycles. The summed E-state index contributed by atoms with van der Waals surface area (Å²) in [4.78, 5) is 25.2. The van der Waals surface area contributed by atoms with Gasteiger partial charge in [-0.15, -0.1) is 0 Å². The maximum absolute atomic E-state index is 12.6. The van der Waals surface area contributed by atoms with E-state index in [0.717, 1.165) is 31.2 Å². The van der Waals surface area contributed by atoms with E-state index in [0.29, 0.717) is 16.9 Å². The molecule has 0 aliphatic heterocycles. The number of rotatable bonds is 8. The van der Waals surface area contributed by atoms with Gasteiger partial charge >= 0.3 is 0 Å². The second-order valence-electron chi connectivity index (χ2n) is 6.74. The Labute approximate surface area is 160 Å². The van der Waals surface area contributed by atoms with Gasteiger partial charge in [-0.3, -0.25) is 9.59 Å². The zero-order valence-corrected chi connectivity index (χ0v) is 16.2. The van der Waals surface area contributed by atoms with Crippen LogP contribution in [0, 0.1) is 12.8 Å². The SMILES string of the molecule is CCCC(CCC)C(=O)Nc1cccc(C(=O)Nc2ccc(O)cc2)c1C. The number of benzene rings is 2. The Hall–Kier alpha value is -2.82. The monoisotopic (exact) mass is 368 g/mol. The van der Waals surface area contributed by atoms with Crippen LogP contribution in [0.25, 0.3) is 0 Å². The molecule has 0 saturated heterocycles. The smallest absolute Gasteiger partial charge is 0.256 e. The summed E-state index contributed by atoms with van der Waals surface area (Å²) in [6.07, 6.45) is 3.65. The highest BCUT2D eigenvalue weighted by atomic mass is 16.3. The van der Waals surface area contributed by atoms with Gasteiger partial charge in [0.15, 0.2) is 0 Å². The number of carbonyl (C=O) groups excluding carboxylic acids is 2. The van der Waals surface area contributed by atoms with E-state index in [1.807, 2.05) is 13.0 Å². The quantitative estimate of drug-likeness (QED) is 0.567. The third-order valence-electron chi connectivity index (χ3n) is 4.61. The van der Waals surface area contributed by atoms with Crippen LogP contribution in [-0.4, -0.2) is 16.9 Å². The molecule has 0 unspecified atom stereocenters. The van der Waals surface area contributed by atoms with Crippen molar-refractivity contribution in [1.29, 1.82) is 0 Å². The molecule has 0 aromatic heterocycles. The van der Waals surface area contributed by atoms with E-state index in [1.54, 1.807) is 24.3 Å².